The van der Waals surface area contributed by atoms with Gasteiger partial charge in [-0.15, -0.1) is 0 Å². The maximum Gasteiger partial charge on any atom is 0.123 e. The van der Waals surface area contributed by atoms with E-state index in [-0.39, 0.29) is 17.3 Å². The van der Waals surface area contributed by atoms with Crippen molar-refractivity contribution in [2.24, 2.45) is 0 Å². The molecule has 1 atom stereocenters. The molecule has 2 heterocycles. The number of ether oxygens (including phenoxy) is 1. The van der Waals surface area contributed by atoms with Gasteiger partial charge in [0, 0.05) is 16.4 Å². The van der Waals surface area contributed by atoms with E-state index in [1.807, 2.05) is 18.3 Å². The minimum atomic E-state index is -0.184. The number of fused-ring (bicyclic) bond motifs is 1. The van der Waals surface area contributed by atoms with Crippen LogP contribution in [0.5, 0.6) is 0 Å². The maximum atomic E-state index is 13.6. The van der Waals surface area contributed by atoms with E-state index in [4.69, 9.17) is 4.74 Å². The molecule has 5 rings (SSSR count). The van der Waals surface area contributed by atoms with E-state index in [1.54, 1.807) is 12.1 Å². The van der Waals surface area contributed by atoms with Crippen LogP contribution in [-0.2, 0) is 10.2 Å². The van der Waals surface area contributed by atoms with Gasteiger partial charge in [-0.1, -0.05) is 18.2 Å². The van der Waals surface area contributed by atoms with Gasteiger partial charge in [0.1, 0.15) is 5.82 Å². The van der Waals surface area contributed by atoms with Gasteiger partial charge in [0.15, 0.2) is 0 Å². The van der Waals surface area contributed by atoms with Crippen molar-refractivity contribution in [3.63, 3.8) is 0 Å². The highest BCUT2D eigenvalue weighted by atomic mass is 19.1. The van der Waals surface area contributed by atoms with E-state index >= 15 is 0 Å². The third-order valence-corrected chi connectivity index (χ3v) is 7.20. The molecule has 2 fully saturated rings. The molecule has 1 unspecified atom stereocenters. The number of likely N-dealkylation sites (tertiary alicyclic amines) is 1. The van der Waals surface area contributed by atoms with Crippen LogP contribution < -0.4 is 0 Å². The van der Waals surface area contributed by atoms with Gasteiger partial charge in [0.05, 0.1) is 30.5 Å². The molecule has 164 valence electrons. The van der Waals surface area contributed by atoms with Crippen LogP contribution in [0.2, 0.25) is 0 Å². The summed E-state index contributed by atoms with van der Waals surface area (Å²) in [4.78, 5) is 2.36. The predicted octanol–water partition coefficient (Wildman–Crippen LogP) is 5.56. The molecule has 4 nitrogen and oxygen atoms in total. The minimum Gasteiger partial charge on any atom is -0.373 e. The number of hydrogen-bond acceptors (Lipinski definition) is 3. The number of rotatable bonds is 6. The van der Waals surface area contributed by atoms with Gasteiger partial charge >= 0.3 is 0 Å². The van der Waals surface area contributed by atoms with Crippen LogP contribution in [0.15, 0.2) is 42.6 Å². The summed E-state index contributed by atoms with van der Waals surface area (Å²) in [6, 6.07) is 12.1. The first kappa shape index (κ1) is 20.7. The normalized spacial score (nSPS) is 20.3. The van der Waals surface area contributed by atoms with Crippen molar-refractivity contribution in [1.82, 2.24) is 14.7 Å². The molecule has 0 spiro atoms. The summed E-state index contributed by atoms with van der Waals surface area (Å²) < 4.78 is 22.4. The Bertz CT molecular complexity index is 1060. The lowest BCUT2D eigenvalue weighted by Gasteiger charge is -2.41. The zero-order valence-electron chi connectivity index (χ0n) is 18.8. The fourth-order valence-corrected chi connectivity index (χ4v) is 5.03. The SMILES string of the molecule is Cc1cc(C(C)OCC2(c3ccc(F)cc3)CCN(C)CC2)c2c(cnn2C2CC2)c1. The molecule has 2 aromatic carbocycles. The molecule has 1 saturated carbocycles. The first-order valence-corrected chi connectivity index (χ1v) is 11.5. The second kappa shape index (κ2) is 8.03. The Morgan fingerprint density at radius 2 is 1.87 bits per heavy atom. The number of aryl methyl sites for hydroxylation is 1. The van der Waals surface area contributed by atoms with Crippen molar-refractivity contribution in [2.75, 3.05) is 26.7 Å². The van der Waals surface area contributed by atoms with Gasteiger partial charge in [0.25, 0.3) is 0 Å². The molecule has 1 aromatic heterocycles. The number of piperidine rings is 1. The van der Waals surface area contributed by atoms with Gasteiger partial charge in [-0.2, -0.15) is 5.10 Å². The third-order valence-electron chi connectivity index (χ3n) is 7.20. The first-order chi connectivity index (χ1) is 14.9. The largest absolute Gasteiger partial charge is 0.373 e. The van der Waals surface area contributed by atoms with Gasteiger partial charge in [-0.3, -0.25) is 4.68 Å². The van der Waals surface area contributed by atoms with Crippen LogP contribution in [0.4, 0.5) is 4.39 Å². The number of nitrogens with zero attached hydrogens (tertiary/aromatic N) is 3. The van der Waals surface area contributed by atoms with Crippen LogP contribution in [-0.4, -0.2) is 41.4 Å². The molecule has 0 bridgehead atoms. The highest BCUT2D eigenvalue weighted by Crippen LogP contribution is 2.41. The number of hydrogen-bond donors (Lipinski definition) is 0. The molecule has 1 saturated heterocycles. The molecule has 1 aliphatic heterocycles. The third kappa shape index (κ3) is 4.01. The fraction of sp³-hybridized carbons (Fsp3) is 0.500. The van der Waals surface area contributed by atoms with Crippen molar-refractivity contribution in [1.29, 1.82) is 0 Å². The van der Waals surface area contributed by atoms with Crippen LogP contribution in [0, 0.1) is 12.7 Å². The van der Waals surface area contributed by atoms with Crippen molar-refractivity contribution in [2.45, 2.75) is 57.1 Å². The molecule has 0 radical (unpaired) electrons. The lowest BCUT2D eigenvalue weighted by molar-refractivity contribution is 0.00686. The Morgan fingerprint density at radius 1 is 1.16 bits per heavy atom. The summed E-state index contributed by atoms with van der Waals surface area (Å²) in [6.45, 7) is 6.99. The average molecular weight is 422 g/mol. The van der Waals surface area contributed by atoms with E-state index in [1.165, 1.54) is 40.4 Å². The monoisotopic (exact) mass is 421 g/mol. The summed E-state index contributed by atoms with van der Waals surface area (Å²) in [6.07, 6.45) is 6.42. The highest BCUT2D eigenvalue weighted by Gasteiger charge is 2.37. The maximum absolute atomic E-state index is 13.6. The predicted molar refractivity (Wildman–Crippen MR) is 122 cm³/mol. The van der Waals surface area contributed by atoms with Gasteiger partial charge < -0.3 is 9.64 Å². The van der Waals surface area contributed by atoms with E-state index in [9.17, 15) is 4.39 Å². The lowest BCUT2D eigenvalue weighted by Crippen LogP contribution is -2.44. The molecule has 1 aliphatic carbocycles. The topological polar surface area (TPSA) is 30.3 Å². The Balaban J connectivity index is 1.43. The van der Waals surface area contributed by atoms with Crippen LogP contribution in [0.3, 0.4) is 0 Å². The minimum absolute atomic E-state index is 0.0337. The van der Waals surface area contributed by atoms with Crippen molar-refractivity contribution < 1.29 is 9.13 Å². The Kier molecular flexibility index (Phi) is 5.35. The Morgan fingerprint density at radius 3 is 2.55 bits per heavy atom. The summed E-state index contributed by atoms with van der Waals surface area (Å²) in [7, 11) is 2.17. The van der Waals surface area contributed by atoms with E-state index in [0.29, 0.717) is 12.6 Å². The smallest absolute Gasteiger partial charge is 0.123 e. The van der Waals surface area contributed by atoms with Gasteiger partial charge in [-0.05, 0) is 89.0 Å². The van der Waals surface area contributed by atoms with Crippen molar-refractivity contribution in [3.8, 4) is 0 Å². The Hall–Kier alpha value is -2.24. The summed E-state index contributed by atoms with van der Waals surface area (Å²) in [5.74, 6) is -0.184. The molecule has 0 amide bonds. The average Bonchev–Trinajstić information content (AvgIpc) is 3.53. The second-order valence-corrected chi connectivity index (χ2v) is 9.66. The van der Waals surface area contributed by atoms with Crippen LogP contribution in [0.1, 0.15) is 61.4 Å². The number of benzene rings is 2. The molecular weight excluding hydrogens is 389 g/mol. The Labute approximate surface area is 184 Å². The molecule has 5 heteroatoms. The standard InChI is InChI=1S/C26H32FN3O/c1-18-14-20-16-28-30(23-8-9-23)25(20)24(15-18)19(2)31-17-26(10-12-29(3)13-11-26)21-4-6-22(27)7-5-21/h4-7,14-16,19,23H,8-13,17H2,1-3H3. The number of aromatic nitrogens is 2. The summed E-state index contributed by atoms with van der Waals surface area (Å²) in [5, 5.41) is 5.89. The van der Waals surface area contributed by atoms with Crippen LogP contribution in [0.25, 0.3) is 10.9 Å². The lowest BCUT2D eigenvalue weighted by atomic mass is 9.73. The molecule has 0 N–H and O–H groups in total. The molecule has 31 heavy (non-hydrogen) atoms. The van der Waals surface area contributed by atoms with Crippen LogP contribution >= 0.6 is 0 Å². The first-order valence-electron chi connectivity index (χ1n) is 11.5. The van der Waals surface area contributed by atoms with Crippen molar-refractivity contribution in [3.05, 3.63) is 65.1 Å². The molecule has 2 aliphatic rings. The zero-order chi connectivity index (χ0) is 21.6. The second-order valence-electron chi connectivity index (χ2n) is 9.66. The van der Waals surface area contributed by atoms with E-state index in [2.05, 4.69) is 47.7 Å². The summed E-state index contributed by atoms with van der Waals surface area (Å²) in [5.41, 5.74) is 4.79. The quantitative estimate of drug-likeness (QED) is 0.522. The van der Waals surface area contributed by atoms with Crippen molar-refractivity contribution >= 4 is 10.9 Å². The van der Waals surface area contributed by atoms with E-state index < -0.39 is 0 Å². The fourth-order valence-electron chi connectivity index (χ4n) is 5.03. The van der Waals surface area contributed by atoms with E-state index in [0.717, 1.165) is 25.9 Å². The summed E-state index contributed by atoms with van der Waals surface area (Å²) >= 11 is 0. The number of halogens is 1. The zero-order valence-corrected chi connectivity index (χ0v) is 18.8. The highest BCUT2D eigenvalue weighted by molar-refractivity contribution is 5.83. The molecule has 3 aromatic rings. The van der Waals surface area contributed by atoms with Gasteiger partial charge in [0.2, 0.25) is 0 Å². The molecular formula is C26H32FN3O. The van der Waals surface area contributed by atoms with Gasteiger partial charge in [-0.25, -0.2) is 4.39 Å².